The fourth-order valence-electron chi connectivity index (χ4n) is 3.09. The highest BCUT2D eigenvalue weighted by atomic mass is 79.9. The first-order valence-electron chi connectivity index (χ1n) is 6.89. The molecule has 7 heteroatoms. The number of nitrogens with one attached hydrogen (secondary N) is 1. The lowest BCUT2D eigenvalue weighted by atomic mass is 9.87. The average Bonchev–Trinajstić information content (AvgIpc) is 2.39. The van der Waals surface area contributed by atoms with Gasteiger partial charge < -0.3 is 17.7 Å². The van der Waals surface area contributed by atoms with Crippen LogP contribution >= 0.6 is 15.9 Å². The summed E-state index contributed by atoms with van der Waals surface area (Å²) in [5.74, 6) is 0.308. The molecule has 4 nitrogen and oxygen atoms in total. The first-order valence-corrected chi connectivity index (χ1v) is 9.31. The van der Waals surface area contributed by atoms with Gasteiger partial charge in [-0.2, -0.15) is 4.31 Å². The molecule has 0 spiro atoms. The number of rotatable bonds is 3. The molecule has 0 bridgehead atoms. The van der Waals surface area contributed by atoms with E-state index in [0.717, 1.165) is 38.8 Å². The number of halogens is 2. The van der Waals surface area contributed by atoms with Crippen molar-refractivity contribution in [3.05, 3.63) is 0 Å². The second-order valence-corrected chi connectivity index (χ2v) is 8.76. The monoisotopic (exact) mass is 374 g/mol. The van der Waals surface area contributed by atoms with Gasteiger partial charge in [-0.25, -0.2) is 8.42 Å². The van der Waals surface area contributed by atoms with Crippen molar-refractivity contribution < 1.29 is 22.3 Å². The molecule has 2 rings (SSSR count). The molecular weight excluding hydrogens is 352 g/mol. The van der Waals surface area contributed by atoms with Crippen molar-refractivity contribution in [2.75, 3.05) is 26.2 Å². The Morgan fingerprint density at radius 1 is 1.32 bits per heavy atom. The second kappa shape index (κ2) is 7.59. The normalized spacial score (nSPS) is 33.7. The van der Waals surface area contributed by atoms with Gasteiger partial charge in [-0.1, -0.05) is 29.3 Å². The lowest BCUT2D eigenvalue weighted by Gasteiger charge is -2.37. The van der Waals surface area contributed by atoms with Gasteiger partial charge in [0.25, 0.3) is 0 Å². The summed E-state index contributed by atoms with van der Waals surface area (Å²) in [4.78, 5) is 0.497. The summed E-state index contributed by atoms with van der Waals surface area (Å²) in [7, 11) is -3.10. The third-order valence-electron chi connectivity index (χ3n) is 4.19. The third kappa shape index (κ3) is 4.06. The highest BCUT2D eigenvalue weighted by molar-refractivity contribution is 9.09. The molecule has 19 heavy (non-hydrogen) atoms. The molecule has 3 unspecified atom stereocenters. The zero-order chi connectivity index (χ0) is 13.2. The zero-order valence-corrected chi connectivity index (χ0v) is 14.5. The lowest BCUT2D eigenvalue weighted by molar-refractivity contribution is -0.00000632. The maximum absolute atomic E-state index is 12.7. The number of piperazine rings is 1. The van der Waals surface area contributed by atoms with E-state index in [9.17, 15) is 8.42 Å². The largest absolute Gasteiger partial charge is 1.00 e. The van der Waals surface area contributed by atoms with Crippen LogP contribution in [0, 0.1) is 5.92 Å². The average molecular weight is 376 g/mol. The Bertz CT molecular complexity index is 380. The van der Waals surface area contributed by atoms with Crippen LogP contribution in [-0.2, 0) is 10.0 Å². The van der Waals surface area contributed by atoms with Crippen LogP contribution in [0.1, 0.15) is 34.0 Å². The fraction of sp³-hybridized carbons (Fsp3) is 1.00. The summed E-state index contributed by atoms with van der Waals surface area (Å²) in [5, 5.41) is 3.05. The van der Waals surface area contributed by atoms with Gasteiger partial charge in [0, 0.05) is 31.0 Å². The summed E-state index contributed by atoms with van der Waals surface area (Å²) in [6.07, 6.45) is 3.73. The highest BCUT2D eigenvalue weighted by Crippen LogP contribution is 2.36. The van der Waals surface area contributed by atoms with Crippen molar-refractivity contribution in [3.8, 4) is 0 Å². The van der Waals surface area contributed by atoms with Crippen LogP contribution in [0.25, 0.3) is 0 Å². The number of nitrogens with zero attached hydrogens (tertiary/aromatic N) is 1. The standard InChI is InChI=1S/C12H23BrN2O2S.ClH/c1-2-10-9-11(13)3-4-12(10)18(16,17)15-7-5-14-6-8-15;/h10-12,14H,2-9H2,1H3;1H. The SMILES string of the molecule is CCC1CC(Br)CCC1S(=O)(=O)N1CCNCC1.[Cl-].[H+]. The molecule has 0 aromatic heterocycles. The van der Waals surface area contributed by atoms with Crippen LogP contribution in [0.5, 0.6) is 0 Å². The predicted octanol–water partition coefficient (Wildman–Crippen LogP) is -1.32. The fourth-order valence-corrected chi connectivity index (χ4v) is 6.13. The van der Waals surface area contributed by atoms with E-state index >= 15 is 0 Å². The molecule has 1 N–H and O–H groups in total. The van der Waals surface area contributed by atoms with Gasteiger partial charge in [0.05, 0.1) is 5.25 Å². The molecule has 0 aromatic carbocycles. The summed E-state index contributed by atoms with van der Waals surface area (Å²) in [5.41, 5.74) is 0. The molecule has 0 radical (unpaired) electrons. The molecule has 1 saturated heterocycles. The first-order chi connectivity index (χ1) is 8.55. The van der Waals surface area contributed by atoms with E-state index in [1.165, 1.54) is 0 Å². The van der Waals surface area contributed by atoms with E-state index in [1.54, 1.807) is 4.31 Å². The minimum absolute atomic E-state index is 0. The summed E-state index contributed by atoms with van der Waals surface area (Å²) < 4.78 is 27.1. The van der Waals surface area contributed by atoms with E-state index in [4.69, 9.17) is 0 Å². The van der Waals surface area contributed by atoms with Gasteiger partial charge in [-0.05, 0) is 25.2 Å². The number of alkyl halides is 1. The number of sulfonamides is 1. The number of hydrogen-bond donors (Lipinski definition) is 1. The summed E-state index contributed by atoms with van der Waals surface area (Å²) in [6.45, 7) is 4.93. The van der Waals surface area contributed by atoms with E-state index < -0.39 is 10.0 Å². The Labute approximate surface area is 132 Å². The Morgan fingerprint density at radius 3 is 2.53 bits per heavy atom. The molecule has 2 aliphatic rings. The topological polar surface area (TPSA) is 49.4 Å². The van der Waals surface area contributed by atoms with Gasteiger partial charge >= 0.3 is 1.43 Å². The van der Waals surface area contributed by atoms with Gasteiger partial charge in [-0.15, -0.1) is 0 Å². The van der Waals surface area contributed by atoms with Gasteiger partial charge in [-0.3, -0.25) is 0 Å². The van der Waals surface area contributed by atoms with Crippen LogP contribution in [0.4, 0.5) is 0 Å². The van der Waals surface area contributed by atoms with Crippen LogP contribution < -0.4 is 17.7 Å². The summed E-state index contributed by atoms with van der Waals surface area (Å²) in [6, 6.07) is 0. The zero-order valence-electron chi connectivity index (χ0n) is 12.3. The Hall–Kier alpha value is 0.640. The molecule has 1 saturated carbocycles. The molecule has 0 aromatic rings. The minimum atomic E-state index is -3.10. The summed E-state index contributed by atoms with van der Waals surface area (Å²) >= 11 is 3.64. The van der Waals surface area contributed by atoms with E-state index in [1.807, 2.05) is 0 Å². The van der Waals surface area contributed by atoms with Crippen molar-refractivity contribution in [3.63, 3.8) is 0 Å². The third-order valence-corrected chi connectivity index (χ3v) is 7.49. The van der Waals surface area contributed by atoms with Gasteiger partial charge in [0.15, 0.2) is 0 Å². The lowest BCUT2D eigenvalue weighted by Crippen LogP contribution is -3.00. The maximum atomic E-state index is 12.7. The first kappa shape index (κ1) is 17.7. The van der Waals surface area contributed by atoms with Crippen molar-refractivity contribution in [1.29, 1.82) is 0 Å². The molecule has 3 atom stereocenters. The van der Waals surface area contributed by atoms with Crippen LogP contribution in [0.15, 0.2) is 0 Å². The van der Waals surface area contributed by atoms with Crippen molar-refractivity contribution in [1.82, 2.24) is 9.62 Å². The predicted molar refractivity (Wildman–Crippen MR) is 78.6 cm³/mol. The highest BCUT2D eigenvalue weighted by Gasteiger charge is 2.40. The smallest absolute Gasteiger partial charge is 1.00 e. The number of hydrogen-bond acceptors (Lipinski definition) is 3. The van der Waals surface area contributed by atoms with E-state index in [-0.39, 0.29) is 19.1 Å². The molecule has 114 valence electrons. The maximum Gasteiger partial charge on any atom is 1.00 e. The van der Waals surface area contributed by atoms with Crippen LogP contribution in [0.3, 0.4) is 0 Å². The molecule has 2 fully saturated rings. The second-order valence-electron chi connectivity index (χ2n) is 5.31. The molecule has 0 amide bonds. The van der Waals surface area contributed by atoms with Gasteiger partial charge in [0.2, 0.25) is 10.0 Å². The Balaban J connectivity index is 0.00000180. The van der Waals surface area contributed by atoms with Crippen LogP contribution in [-0.4, -0.2) is 49.0 Å². The quantitative estimate of drug-likeness (QED) is 0.623. The van der Waals surface area contributed by atoms with Gasteiger partial charge in [0.1, 0.15) is 0 Å². The molecule has 1 heterocycles. The van der Waals surface area contributed by atoms with E-state index in [0.29, 0.717) is 23.8 Å². The van der Waals surface area contributed by atoms with E-state index in [2.05, 4.69) is 28.2 Å². The Kier molecular flexibility index (Phi) is 7.07. The molecular formula is C12H24BrClN2O2S. The molecule has 1 aliphatic carbocycles. The van der Waals surface area contributed by atoms with Crippen molar-refractivity contribution in [2.45, 2.75) is 42.7 Å². The van der Waals surface area contributed by atoms with Crippen molar-refractivity contribution in [2.24, 2.45) is 5.92 Å². The van der Waals surface area contributed by atoms with Crippen molar-refractivity contribution >= 4 is 26.0 Å². The Morgan fingerprint density at radius 2 is 1.95 bits per heavy atom. The molecule has 1 aliphatic heterocycles. The van der Waals surface area contributed by atoms with Crippen LogP contribution in [0.2, 0.25) is 0 Å². The minimum Gasteiger partial charge on any atom is -1.00 e.